The zero-order valence-electron chi connectivity index (χ0n) is 16.2. The highest BCUT2D eigenvalue weighted by atomic mass is 32.2. The minimum absolute atomic E-state index is 0.0136. The van der Waals surface area contributed by atoms with E-state index in [9.17, 15) is 8.42 Å². The quantitative estimate of drug-likeness (QED) is 0.463. The van der Waals surface area contributed by atoms with Crippen molar-refractivity contribution in [3.05, 3.63) is 15.8 Å². The van der Waals surface area contributed by atoms with Crippen LogP contribution in [0.4, 0.5) is 0 Å². The Kier molecular flexibility index (Phi) is 5.56. The number of nitrogens with zero attached hydrogens (tertiary/aromatic N) is 2. The third-order valence-electron chi connectivity index (χ3n) is 5.34. The van der Waals surface area contributed by atoms with E-state index in [1.807, 2.05) is 13.8 Å². The van der Waals surface area contributed by atoms with Crippen LogP contribution in [0, 0.1) is 19.3 Å². The van der Waals surface area contributed by atoms with Crippen molar-refractivity contribution in [2.24, 2.45) is 10.4 Å². The number of thiophene rings is 1. The highest BCUT2D eigenvalue weighted by molar-refractivity contribution is 7.89. The van der Waals surface area contributed by atoms with Gasteiger partial charge in [0.05, 0.1) is 4.90 Å². The maximum absolute atomic E-state index is 12.4. The zero-order chi connectivity index (χ0) is 19.0. The largest absolute Gasteiger partial charge is 0.355 e. The van der Waals surface area contributed by atoms with Gasteiger partial charge in [-0.3, -0.25) is 4.99 Å². The summed E-state index contributed by atoms with van der Waals surface area (Å²) in [6, 6.07) is 1.72. The zero-order valence-corrected chi connectivity index (χ0v) is 17.9. The summed E-state index contributed by atoms with van der Waals surface area (Å²) in [5.41, 5.74) is 0.236. The van der Waals surface area contributed by atoms with E-state index in [1.54, 1.807) is 13.1 Å². The van der Waals surface area contributed by atoms with Crippen molar-refractivity contribution in [3.63, 3.8) is 0 Å². The first-order chi connectivity index (χ1) is 11.4. The van der Waals surface area contributed by atoms with Crippen LogP contribution >= 0.6 is 11.3 Å². The monoisotopic (exact) mass is 386 g/mol. The van der Waals surface area contributed by atoms with E-state index in [2.05, 4.69) is 47.6 Å². The molecule has 2 rings (SSSR count). The van der Waals surface area contributed by atoms with Crippen LogP contribution in [0.25, 0.3) is 0 Å². The van der Waals surface area contributed by atoms with Gasteiger partial charge in [0.1, 0.15) is 0 Å². The Labute approximate surface area is 155 Å². The maximum atomic E-state index is 12.4. The number of aryl methyl sites for hydroxylation is 2. The first-order valence-corrected chi connectivity index (χ1v) is 10.8. The van der Waals surface area contributed by atoms with E-state index in [1.165, 1.54) is 11.3 Å². The molecule has 0 aromatic carbocycles. The molecule has 1 aliphatic heterocycles. The molecule has 6 nitrogen and oxygen atoms in total. The number of guanidine groups is 1. The van der Waals surface area contributed by atoms with Crippen molar-refractivity contribution in [1.82, 2.24) is 14.9 Å². The molecular weight excluding hydrogens is 356 g/mol. The van der Waals surface area contributed by atoms with Gasteiger partial charge in [-0.2, -0.15) is 0 Å². The minimum atomic E-state index is -3.46. The van der Waals surface area contributed by atoms with Crippen molar-refractivity contribution in [1.29, 1.82) is 0 Å². The molecule has 0 amide bonds. The number of rotatable bonds is 5. The van der Waals surface area contributed by atoms with Gasteiger partial charge in [0, 0.05) is 47.4 Å². The first kappa shape index (κ1) is 20.2. The Morgan fingerprint density at radius 3 is 2.36 bits per heavy atom. The van der Waals surface area contributed by atoms with E-state index in [4.69, 9.17) is 0 Å². The molecular formula is C17H30N4O2S2. The molecule has 8 heteroatoms. The van der Waals surface area contributed by atoms with Crippen molar-refractivity contribution in [2.45, 2.75) is 52.0 Å². The molecule has 0 radical (unpaired) electrons. The normalized spacial score (nSPS) is 19.6. The number of hydrogen-bond acceptors (Lipinski definition) is 4. The summed E-state index contributed by atoms with van der Waals surface area (Å²) < 4.78 is 27.5. The van der Waals surface area contributed by atoms with Crippen LogP contribution in [-0.2, 0) is 10.0 Å². The van der Waals surface area contributed by atoms with Crippen molar-refractivity contribution in [2.75, 3.05) is 26.7 Å². The van der Waals surface area contributed by atoms with E-state index < -0.39 is 10.0 Å². The van der Waals surface area contributed by atoms with Gasteiger partial charge in [-0.05, 0) is 33.8 Å². The average molecular weight is 387 g/mol. The molecule has 25 heavy (non-hydrogen) atoms. The second kappa shape index (κ2) is 6.89. The molecule has 142 valence electrons. The van der Waals surface area contributed by atoms with E-state index in [-0.39, 0.29) is 11.0 Å². The topological polar surface area (TPSA) is 73.8 Å². The van der Waals surface area contributed by atoms with Crippen LogP contribution in [0.1, 0.15) is 37.4 Å². The van der Waals surface area contributed by atoms with Crippen LogP contribution in [-0.4, -0.2) is 51.5 Å². The Morgan fingerprint density at radius 1 is 1.28 bits per heavy atom. The summed E-state index contributed by atoms with van der Waals surface area (Å²) in [7, 11) is -1.71. The summed E-state index contributed by atoms with van der Waals surface area (Å²) in [5, 5.41) is 3.26. The highest BCUT2D eigenvalue weighted by Gasteiger charge is 2.53. The van der Waals surface area contributed by atoms with Gasteiger partial charge in [0.2, 0.25) is 10.0 Å². The van der Waals surface area contributed by atoms with Gasteiger partial charge in [0.25, 0.3) is 0 Å². The van der Waals surface area contributed by atoms with Crippen molar-refractivity contribution >= 4 is 27.3 Å². The number of aliphatic imine (C=N–C) groups is 1. The summed E-state index contributed by atoms with van der Waals surface area (Å²) >= 11 is 1.50. The molecule has 0 atom stereocenters. The lowest BCUT2D eigenvalue weighted by molar-refractivity contribution is -0.0666. The van der Waals surface area contributed by atoms with Gasteiger partial charge in [-0.1, -0.05) is 13.8 Å². The fourth-order valence-corrected chi connectivity index (χ4v) is 5.59. The third kappa shape index (κ3) is 3.85. The fraction of sp³-hybridized carbons (Fsp3) is 0.706. The molecule has 2 N–H and O–H groups in total. The molecule has 1 aliphatic rings. The lowest BCUT2D eigenvalue weighted by Crippen LogP contribution is -2.72. The summed E-state index contributed by atoms with van der Waals surface area (Å²) in [6.07, 6.45) is 0. The third-order valence-corrected chi connectivity index (χ3v) is 8.02. The summed E-state index contributed by atoms with van der Waals surface area (Å²) in [4.78, 5) is 8.76. The second-order valence-corrected chi connectivity index (χ2v) is 10.9. The van der Waals surface area contributed by atoms with Gasteiger partial charge >= 0.3 is 0 Å². The van der Waals surface area contributed by atoms with Crippen molar-refractivity contribution < 1.29 is 8.42 Å². The van der Waals surface area contributed by atoms with E-state index in [0.717, 1.165) is 22.3 Å². The average Bonchev–Trinajstić information content (AvgIpc) is 2.85. The molecule has 0 unspecified atom stereocenters. The Hall–Kier alpha value is -1.12. The number of nitrogens with one attached hydrogen (secondary N) is 2. The summed E-state index contributed by atoms with van der Waals surface area (Å²) in [5.74, 6) is 0.811. The molecule has 1 aromatic heterocycles. The Bertz CT molecular complexity index is 764. The number of sulfonamides is 1. The van der Waals surface area contributed by atoms with Crippen LogP contribution in [0.3, 0.4) is 0 Å². The second-order valence-electron chi connectivity index (χ2n) is 7.68. The first-order valence-electron chi connectivity index (χ1n) is 8.47. The molecule has 0 aliphatic carbocycles. The van der Waals surface area contributed by atoms with Gasteiger partial charge < -0.3 is 10.2 Å². The highest BCUT2D eigenvalue weighted by Crippen LogP contribution is 2.46. The van der Waals surface area contributed by atoms with Crippen LogP contribution < -0.4 is 10.0 Å². The molecule has 1 aromatic rings. The summed E-state index contributed by atoms with van der Waals surface area (Å²) in [6.45, 7) is 14.4. The number of likely N-dealkylation sites (tertiary alicyclic amines) is 1. The maximum Gasteiger partial charge on any atom is 0.241 e. The molecule has 1 saturated heterocycles. The van der Waals surface area contributed by atoms with Crippen LogP contribution in [0.5, 0.6) is 0 Å². The SMILES string of the molecule is CN=C(NCCNS(=O)(=O)c1cc(C)sc1C)N1CC(C)(C)C1(C)C. The Morgan fingerprint density at radius 2 is 1.92 bits per heavy atom. The lowest BCUT2D eigenvalue weighted by Gasteiger charge is -2.62. The predicted molar refractivity (Wildman–Crippen MR) is 105 cm³/mol. The van der Waals surface area contributed by atoms with Crippen LogP contribution in [0.15, 0.2) is 16.0 Å². The minimum Gasteiger partial charge on any atom is -0.355 e. The lowest BCUT2D eigenvalue weighted by atomic mass is 9.65. The standard InChI is InChI=1S/C17H30N4O2S2/c1-12-10-14(13(2)24-12)25(22,23)20-9-8-19-15(18-7)21-11-16(3,4)17(21,5)6/h10,20H,8-9,11H2,1-7H3,(H,18,19). The number of hydrogen-bond donors (Lipinski definition) is 2. The Balaban J connectivity index is 1.89. The predicted octanol–water partition coefficient (Wildman–Crippen LogP) is 2.34. The van der Waals surface area contributed by atoms with Gasteiger partial charge in [0.15, 0.2) is 5.96 Å². The smallest absolute Gasteiger partial charge is 0.241 e. The molecule has 2 heterocycles. The fourth-order valence-electron chi connectivity index (χ4n) is 3.01. The van der Waals surface area contributed by atoms with E-state index >= 15 is 0 Å². The molecule has 0 spiro atoms. The molecule has 0 saturated carbocycles. The van der Waals surface area contributed by atoms with E-state index in [0.29, 0.717) is 18.0 Å². The van der Waals surface area contributed by atoms with Gasteiger partial charge in [-0.15, -0.1) is 11.3 Å². The molecule has 0 bridgehead atoms. The molecule has 1 fully saturated rings. The van der Waals surface area contributed by atoms with Gasteiger partial charge in [-0.25, -0.2) is 13.1 Å². The van der Waals surface area contributed by atoms with Crippen LogP contribution in [0.2, 0.25) is 0 Å². The van der Waals surface area contributed by atoms with Crippen molar-refractivity contribution in [3.8, 4) is 0 Å².